The van der Waals surface area contributed by atoms with Crippen molar-refractivity contribution < 1.29 is 33.0 Å². The summed E-state index contributed by atoms with van der Waals surface area (Å²) in [5.41, 5.74) is 9.67. The number of nitrogens with one attached hydrogen (secondary N) is 1. The molecule has 3 rings (SSSR count). The average molecular weight is 602 g/mol. The molecule has 0 saturated heterocycles. The van der Waals surface area contributed by atoms with E-state index < -0.39 is 11.6 Å². The monoisotopic (exact) mass is 601 g/mol. The van der Waals surface area contributed by atoms with Crippen molar-refractivity contribution >= 4 is 28.5 Å². The summed E-state index contributed by atoms with van der Waals surface area (Å²) in [6.45, 7) is 12.2. The molecule has 1 atom stereocenters. The van der Waals surface area contributed by atoms with Gasteiger partial charge in [-0.3, -0.25) is 4.79 Å². The number of rotatable bonds is 18. The van der Waals surface area contributed by atoms with Crippen LogP contribution in [0.3, 0.4) is 0 Å². The van der Waals surface area contributed by atoms with Gasteiger partial charge in [0.15, 0.2) is 0 Å². The number of amides is 1. The van der Waals surface area contributed by atoms with Gasteiger partial charge in [0.1, 0.15) is 11.1 Å². The second-order valence-corrected chi connectivity index (χ2v) is 10.9. The zero-order chi connectivity index (χ0) is 31.2. The molecule has 43 heavy (non-hydrogen) atoms. The third-order valence-electron chi connectivity index (χ3n) is 7.23. The Balaban J connectivity index is 1.46. The van der Waals surface area contributed by atoms with Crippen molar-refractivity contribution in [3.05, 3.63) is 50.2 Å². The molecule has 13 nitrogen and oxygen atoms in total. The van der Waals surface area contributed by atoms with Crippen LogP contribution in [0.4, 0.5) is 5.69 Å². The van der Waals surface area contributed by atoms with E-state index in [4.69, 9.17) is 28.9 Å². The summed E-state index contributed by atoms with van der Waals surface area (Å²) in [5.74, 6) is -0.484. The number of azide groups is 1. The van der Waals surface area contributed by atoms with Crippen LogP contribution in [-0.2, 0) is 23.7 Å². The molecule has 0 bridgehead atoms. The second kappa shape index (κ2) is 16.9. The topological polar surface area (TPSA) is 165 Å². The maximum absolute atomic E-state index is 12.5. The van der Waals surface area contributed by atoms with Gasteiger partial charge in [0, 0.05) is 53.6 Å². The Labute approximate surface area is 251 Å². The molecule has 1 N–H and O–H groups in total. The molecule has 236 valence electrons. The normalized spacial score (nSPS) is 15.5. The molecule has 0 unspecified atom stereocenters. The van der Waals surface area contributed by atoms with E-state index >= 15 is 0 Å². The van der Waals surface area contributed by atoms with Crippen molar-refractivity contribution in [3.8, 4) is 0 Å². The Morgan fingerprint density at radius 3 is 2.51 bits per heavy atom. The van der Waals surface area contributed by atoms with Gasteiger partial charge < -0.3 is 33.6 Å². The van der Waals surface area contributed by atoms with Crippen LogP contribution in [-0.4, -0.2) is 83.3 Å². The third kappa shape index (κ3) is 9.96. The summed E-state index contributed by atoms with van der Waals surface area (Å²) in [7, 11) is 0. The third-order valence-corrected chi connectivity index (χ3v) is 7.23. The fourth-order valence-corrected chi connectivity index (χ4v) is 5.31. The minimum Gasteiger partial charge on any atom is -0.462 e. The van der Waals surface area contributed by atoms with E-state index in [-0.39, 0.29) is 29.5 Å². The standard InChI is InChI=1S/C30H43N5O8/c1-5-42-28(37)24-18-22-17-23-21(2)20-30(3,4)35(25(23)19-26(22)43-29(24)38)10-6-7-27(36)32-8-11-39-13-15-41-16-14-40-12-9-33-34-31/h17-19,21H,5-16,20H2,1-4H3,(H,32,36)/t21-/m1/s1. The van der Waals surface area contributed by atoms with Crippen molar-refractivity contribution in [2.75, 3.05) is 70.8 Å². The van der Waals surface area contributed by atoms with Gasteiger partial charge in [-0.1, -0.05) is 12.0 Å². The predicted molar refractivity (Wildman–Crippen MR) is 162 cm³/mol. The number of esters is 1. The first-order chi connectivity index (χ1) is 20.7. The molecule has 13 heteroatoms. The van der Waals surface area contributed by atoms with Gasteiger partial charge in [0.2, 0.25) is 5.91 Å². The van der Waals surface area contributed by atoms with E-state index in [2.05, 4.69) is 41.0 Å². The van der Waals surface area contributed by atoms with E-state index in [1.54, 1.807) is 13.0 Å². The van der Waals surface area contributed by atoms with Gasteiger partial charge >= 0.3 is 11.6 Å². The molecule has 1 amide bonds. The van der Waals surface area contributed by atoms with Crippen LogP contribution >= 0.6 is 0 Å². The summed E-state index contributed by atoms with van der Waals surface area (Å²) in [4.78, 5) is 42.1. The molecule has 0 saturated carbocycles. The first-order valence-corrected chi connectivity index (χ1v) is 14.7. The number of nitrogens with zero attached hydrogens (tertiary/aromatic N) is 4. The van der Waals surface area contributed by atoms with Gasteiger partial charge in [0.05, 0.1) is 46.2 Å². The molecule has 1 aromatic carbocycles. The lowest BCUT2D eigenvalue weighted by Gasteiger charge is -2.47. The van der Waals surface area contributed by atoms with E-state index in [1.165, 1.54) is 0 Å². The molecular formula is C30H43N5O8. The van der Waals surface area contributed by atoms with Crippen LogP contribution in [0.2, 0.25) is 0 Å². The van der Waals surface area contributed by atoms with Crippen molar-refractivity contribution in [3.63, 3.8) is 0 Å². The van der Waals surface area contributed by atoms with Crippen LogP contribution in [0.1, 0.15) is 68.8 Å². The predicted octanol–water partition coefficient (Wildman–Crippen LogP) is 4.32. The van der Waals surface area contributed by atoms with Gasteiger partial charge in [-0.2, -0.15) is 0 Å². The first-order valence-electron chi connectivity index (χ1n) is 14.7. The Morgan fingerprint density at radius 2 is 1.81 bits per heavy atom. The molecule has 1 aromatic heterocycles. The fourth-order valence-electron chi connectivity index (χ4n) is 5.31. The lowest BCUT2D eigenvalue weighted by atomic mass is 9.79. The van der Waals surface area contributed by atoms with Crippen LogP contribution in [0, 0.1) is 0 Å². The van der Waals surface area contributed by atoms with Crippen molar-refractivity contribution in [1.82, 2.24) is 5.32 Å². The second-order valence-electron chi connectivity index (χ2n) is 10.9. The maximum atomic E-state index is 12.5. The molecular weight excluding hydrogens is 558 g/mol. The minimum absolute atomic E-state index is 0.0443. The van der Waals surface area contributed by atoms with Gasteiger partial charge in [-0.25, -0.2) is 9.59 Å². The number of benzene rings is 1. The highest BCUT2D eigenvalue weighted by Crippen LogP contribution is 2.45. The van der Waals surface area contributed by atoms with Crippen LogP contribution in [0.15, 0.2) is 32.5 Å². The minimum atomic E-state index is -0.723. The smallest absolute Gasteiger partial charge is 0.351 e. The van der Waals surface area contributed by atoms with Crippen molar-refractivity contribution in [2.24, 2.45) is 5.11 Å². The Morgan fingerprint density at radius 1 is 1.12 bits per heavy atom. The van der Waals surface area contributed by atoms with Crippen molar-refractivity contribution in [2.45, 2.75) is 58.4 Å². The average Bonchev–Trinajstić information content (AvgIpc) is 2.96. The Hall–Kier alpha value is -3.64. The largest absolute Gasteiger partial charge is 0.462 e. The summed E-state index contributed by atoms with van der Waals surface area (Å²) in [6, 6.07) is 5.41. The first kappa shape index (κ1) is 33.9. The van der Waals surface area contributed by atoms with Gasteiger partial charge in [-0.05, 0) is 62.8 Å². The van der Waals surface area contributed by atoms with Gasteiger partial charge in [0.25, 0.3) is 0 Å². The van der Waals surface area contributed by atoms with Crippen LogP contribution in [0.25, 0.3) is 21.4 Å². The number of carbonyl (C=O) groups is 2. The summed E-state index contributed by atoms with van der Waals surface area (Å²) in [5, 5.41) is 6.94. The number of ether oxygens (including phenoxy) is 4. The number of fused-ring (bicyclic) bond motifs is 2. The molecule has 1 aliphatic heterocycles. The number of hydrogen-bond donors (Lipinski definition) is 1. The quantitative estimate of drug-likeness (QED) is 0.0654. The van der Waals surface area contributed by atoms with E-state index in [1.807, 2.05) is 12.1 Å². The lowest BCUT2D eigenvalue weighted by Crippen LogP contribution is -2.49. The Kier molecular flexibility index (Phi) is 13.3. The van der Waals surface area contributed by atoms with E-state index in [0.29, 0.717) is 83.1 Å². The maximum Gasteiger partial charge on any atom is 0.351 e. The van der Waals surface area contributed by atoms with E-state index in [0.717, 1.165) is 17.7 Å². The van der Waals surface area contributed by atoms with Crippen LogP contribution < -0.4 is 15.8 Å². The Bertz CT molecular complexity index is 1340. The molecule has 0 aliphatic carbocycles. The summed E-state index contributed by atoms with van der Waals surface area (Å²) in [6.07, 6.45) is 1.92. The van der Waals surface area contributed by atoms with Gasteiger partial charge in [-0.15, -0.1) is 0 Å². The highest BCUT2D eigenvalue weighted by Gasteiger charge is 2.36. The number of carbonyl (C=O) groups excluding carboxylic acids is 2. The highest BCUT2D eigenvalue weighted by molar-refractivity contribution is 5.94. The lowest BCUT2D eigenvalue weighted by molar-refractivity contribution is -0.121. The zero-order valence-corrected chi connectivity index (χ0v) is 25.6. The molecule has 2 heterocycles. The van der Waals surface area contributed by atoms with Crippen LogP contribution in [0.5, 0.6) is 0 Å². The summed E-state index contributed by atoms with van der Waals surface area (Å²) >= 11 is 0. The van der Waals surface area contributed by atoms with Crippen molar-refractivity contribution in [1.29, 1.82) is 0 Å². The summed E-state index contributed by atoms with van der Waals surface area (Å²) < 4.78 is 26.7. The highest BCUT2D eigenvalue weighted by atomic mass is 16.5. The fraction of sp³-hybridized carbons (Fsp3) is 0.633. The molecule has 0 radical (unpaired) electrons. The zero-order valence-electron chi connectivity index (χ0n) is 25.6. The molecule has 0 fully saturated rings. The molecule has 2 aromatic rings. The SMILES string of the molecule is CCOC(=O)c1cc2cc3c(cc2oc1=O)N(CCCC(=O)NCCOCCOCCOCCN=[N+]=[N-])C(C)(C)C[C@H]3C. The molecule has 1 aliphatic rings. The van der Waals surface area contributed by atoms with E-state index in [9.17, 15) is 14.4 Å². The number of hydrogen-bond acceptors (Lipinski definition) is 10. The number of anilines is 1. The molecule has 0 spiro atoms.